The predicted octanol–water partition coefficient (Wildman–Crippen LogP) is 1.38. The summed E-state index contributed by atoms with van der Waals surface area (Å²) in [6.07, 6.45) is 0.575. The Balaban J connectivity index is 3.77. The second-order valence-corrected chi connectivity index (χ2v) is 4.55. The molecule has 2 heteroatoms. The summed E-state index contributed by atoms with van der Waals surface area (Å²) in [6.45, 7) is 8.92. The Labute approximate surface area is 69.8 Å². The van der Waals surface area contributed by atoms with E-state index in [9.17, 15) is 5.11 Å². The van der Waals surface area contributed by atoms with Gasteiger partial charge in [0.1, 0.15) is 0 Å². The highest BCUT2D eigenvalue weighted by Crippen LogP contribution is 2.23. The highest BCUT2D eigenvalue weighted by molar-refractivity contribution is 4.72. The van der Waals surface area contributed by atoms with Crippen molar-refractivity contribution in [1.82, 2.24) is 0 Å². The van der Waals surface area contributed by atoms with Gasteiger partial charge in [0.15, 0.2) is 0 Å². The highest BCUT2D eigenvalue weighted by atomic mass is 16.3. The Morgan fingerprint density at radius 3 is 2.09 bits per heavy atom. The first-order valence-corrected chi connectivity index (χ1v) is 4.25. The van der Waals surface area contributed by atoms with Crippen LogP contribution in [0.5, 0.6) is 0 Å². The van der Waals surface area contributed by atoms with Crippen LogP contribution in [0.25, 0.3) is 0 Å². The third kappa shape index (κ3) is 5.22. The van der Waals surface area contributed by atoms with Gasteiger partial charge < -0.3 is 10.8 Å². The van der Waals surface area contributed by atoms with E-state index in [1.165, 1.54) is 0 Å². The lowest BCUT2D eigenvalue weighted by molar-refractivity contribution is 0.0765. The van der Waals surface area contributed by atoms with E-state index in [-0.39, 0.29) is 17.4 Å². The normalized spacial score (nSPS) is 18.0. The smallest absolute Gasteiger partial charge is 0.0582 e. The molecular weight excluding hydrogens is 138 g/mol. The molecular formula is C9H21NO. The molecule has 3 N–H and O–H groups in total. The van der Waals surface area contributed by atoms with Gasteiger partial charge in [0.05, 0.1) is 6.10 Å². The maximum atomic E-state index is 9.57. The Bertz CT molecular complexity index is 107. The largest absolute Gasteiger partial charge is 0.393 e. The van der Waals surface area contributed by atoms with Crippen molar-refractivity contribution < 1.29 is 5.11 Å². The van der Waals surface area contributed by atoms with Crippen molar-refractivity contribution in [2.24, 2.45) is 17.1 Å². The fraction of sp³-hybridized carbons (Fsp3) is 1.00. The van der Waals surface area contributed by atoms with Gasteiger partial charge in [-0.05, 0) is 24.3 Å². The molecule has 11 heavy (non-hydrogen) atoms. The Morgan fingerprint density at radius 1 is 1.36 bits per heavy atom. The molecule has 0 saturated heterocycles. The summed E-state index contributed by atoms with van der Waals surface area (Å²) >= 11 is 0. The summed E-state index contributed by atoms with van der Waals surface area (Å²) in [4.78, 5) is 0. The molecule has 0 aliphatic carbocycles. The number of hydrogen-bond donors (Lipinski definition) is 2. The van der Waals surface area contributed by atoms with Gasteiger partial charge in [-0.15, -0.1) is 0 Å². The number of aliphatic hydroxyl groups excluding tert-OH is 1. The minimum Gasteiger partial charge on any atom is -0.393 e. The Hall–Kier alpha value is -0.0800. The van der Waals surface area contributed by atoms with Crippen LogP contribution in [0.2, 0.25) is 0 Å². The van der Waals surface area contributed by atoms with E-state index in [0.29, 0.717) is 6.54 Å². The lowest BCUT2D eigenvalue weighted by Gasteiger charge is -2.25. The molecule has 0 aliphatic rings. The van der Waals surface area contributed by atoms with Crippen molar-refractivity contribution in [2.45, 2.75) is 40.2 Å². The van der Waals surface area contributed by atoms with Crippen molar-refractivity contribution in [3.05, 3.63) is 0 Å². The van der Waals surface area contributed by atoms with E-state index in [0.717, 1.165) is 6.42 Å². The summed E-state index contributed by atoms with van der Waals surface area (Å²) in [7, 11) is 0. The molecule has 0 aromatic rings. The molecule has 2 nitrogen and oxygen atoms in total. The molecule has 0 bridgehead atoms. The summed E-state index contributed by atoms with van der Waals surface area (Å²) < 4.78 is 0. The molecule has 0 spiro atoms. The molecule has 0 aromatic heterocycles. The number of nitrogens with two attached hydrogens (primary N) is 1. The predicted molar refractivity (Wildman–Crippen MR) is 48.3 cm³/mol. The van der Waals surface area contributed by atoms with Crippen molar-refractivity contribution in [3.8, 4) is 0 Å². The molecule has 0 fully saturated rings. The zero-order valence-electron chi connectivity index (χ0n) is 8.09. The topological polar surface area (TPSA) is 46.2 Å². The van der Waals surface area contributed by atoms with Gasteiger partial charge in [0.2, 0.25) is 0 Å². The highest BCUT2D eigenvalue weighted by Gasteiger charge is 2.20. The van der Waals surface area contributed by atoms with Crippen LogP contribution in [0.15, 0.2) is 0 Å². The van der Waals surface area contributed by atoms with Crippen LogP contribution in [0, 0.1) is 11.3 Å². The summed E-state index contributed by atoms with van der Waals surface area (Å²) in [5, 5.41) is 9.57. The molecule has 0 amide bonds. The summed E-state index contributed by atoms with van der Waals surface area (Å²) in [6, 6.07) is 0. The second kappa shape index (κ2) is 4.07. The van der Waals surface area contributed by atoms with E-state index in [1.54, 1.807) is 0 Å². The van der Waals surface area contributed by atoms with Gasteiger partial charge in [-0.25, -0.2) is 0 Å². The molecule has 0 rings (SSSR count). The molecule has 0 saturated carbocycles. The Morgan fingerprint density at radius 2 is 1.82 bits per heavy atom. The minimum absolute atomic E-state index is 0.197. The lowest BCUT2D eigenvalue weighted by Crippen LogP contribution is -2.29. The fourth-order valence-electron chi connectivity index (χ4n) is 0.986. The molecule has 68 valence electrons. The van der Waals surface area contributed by atoms with Crippen LogP contribution in [-0.2, 0) is 0 Å². The SMILES string of the molecule is CC(CN)C(O)CC(C)(C)C. The quantitative estimate of drug-likeness (QED) is 0.653. The van der Waals surface area contributed by atoms with Gasteiger partial charge in [-0.2, -0.15) is 0 Å². The van der Waals surface area contributed by atoms with Crippen LogP contribution in [-0.4, -0.2) is 17.8 Å². The van der Waals surface area contributed by atoms with Gasteiger partial charge in [-0.3, -0.25) is 0 Å². The van der Waals surface area contributed by atoms with E-state index >= 15 is 0 Å². The standard InChI is InChI=1S/C9H21NO/c1-7(6-10)8(11)5-9(2,3)4/h7-8,11H,5-6,10H2,1-4H3. The average Bonchev–Trinajstić information content (AvgIpc) is 1.82. The third-order valence-electron chi connectivity index (χ3n) is 1.85. The molecule has 2 unspecified atom stereocenters. The van der Waals surface area contributed by atoms with Gasteiger partial charge in [-0.1, -0.05) is 27.7 Å². The van der Waals surface area contributed by atoms with Gasteiger partial charge >= 0.3 is 0 Å². The second-order valence-electron chi connectivity index (χ2n) is 4.55. The molecule has 0 aliphatic heterocycles. The maximum Gasteiger partial charge on any atom is 0.0582 e. The minimum atomic E-state index is -0.250. The van der Waals surface area contributed by atoms with E-state index in [1.807, 2.05) is 6.92 Å². The van der Waals surface area contributed by atoms with E-state index in [2.05, 4.69) is 20.8 Å². The van der Waals surface area contributed by atoms with Crippen LogP contribution < -0.4 is 5.73 Å². The summed E-state index contributed by atoms with van der Waals surface area (Å²) in [5.41, 5.74) is 5.63. The Kier molecular flexibility index (Phi) is 4.04. The number of hydrogen-bond acceptors (Lipinski definition) is 2. The maximum absolute atomic E-state index is 9.57. The average molecular weight is 159 g/mol. The van der Waals surface area contributed by atoms with Gasteiger partial charge in [0, 0.05) is 0 Å². The summed E-state index contributed by atoms with van der Waals surface area (Å²) in [5.74, 6) is 0.217. The fourth-order valence-corrected chi connectivity index (χ4v) is 0.986. The molecule has 2 atom stereocenters. The lowest BCUT2D eigenvalue weighted by atomic mass is 9.85. The van der Waals surface area contributed by atoms with E-state index < -0.39 is 0 Å². The molecule has 0 aromatic carbocycles. The molecule has 0 radical (unpaired) electrons. The zero-order chi connectivity index (χ0) is 9.07. The van der Waals surface area contributed by atoms with E-state index in [4.69, 9.17) is 5.73 Å². The first-order valence-electron chi connectivity index (χ1n) is 4.25. The number of aliphatic hydroxyl groups is 1. The zero-order valence-corrected chi connectivity index (χ0v) is 8.09. The van der Waals surface area contributed by atoms with Crippen LogP contribution >= 0.6 is 0 Å². The van der Waals surface area contributed by atoms with Gasteiger partial charge in [0.25, 0.3) is 0 Å². The van der Waals surface area contributed by atoms with Crippen molar-refractivity contribution >= 4 is 0 Å². The first kappa shape index (κ1) is 10.9. The molecule has 0 heterocycles. The monoisotopic (exact) mass is 159 g/mol. The van der Waals surface area contributed by atoms with Crippen molar-refractivity contribution in [2.75, 3.05) is 6.54 Å². The van der Waals surface area contributed by atoms with Crippen LogP contribution in [0.1, 0.15) is 34.1 Å². The van der Waals surface area contributed by atoms with Crippen molar-refractivity contribution in [3.63, 3.8) is 0 Å². The van der Waals surface area contributed by atoms with Crippen molar-refractivity contribution in [1.29, 1.82) is 0 Å². The van der Waals surface area contributed by atoms with Crippen LogP contribution in [0.3, 0.4) is 0 Å². The third-order valence-corrected chi connectivity index (χ3v) is 1.85. The number of rotatable bonds is 3. The first-order chi connectivity index (χ1) is 4.87. The van der Waals surface area contributed by atoms with Crippen LogP contribution in [0.4, 0.5) is 0 Å².